The van der Waals surface area contributed by atoms with Crippen LogP contribution in [0.15, 0.2) is 179 Å². The zero-order valence-corrected chi connectivity index (χ0v) is 43.1. The summed E-state index contributed by atoms with van der Waals surface area (Å²) in [7, 11) is 0. The maximum atomic E-state index is 7.11. The van der Waals surface area contributed by atoms with Gasteiger partial charge in [-0.2, -0.15) is 0 Å². The smallest absolute Gasteiger partial charge is 0.159 e. The highest BCUT2D eigenvalue weighted by Gasteiger charge is 2.27. The van der Waals surface area contributed by atoms with Crippen LogP contribution in [0.2, 0.25) is 0 Å². The molecule has 2 aromatic heterocycles. The van der Waals surface area contributed by atoms with Crippen molar-refractivity contribution in [3.05, 3.63) is 192 Å². The first kappa shape index (κ1) is 45.6. The van der Waals surface area contributed by atoms with Crippen LogP contribution in [-0.2, 0) is 23.7 Å². The van der Waals surface area contributed by atoms with Crippen molar-refractivity contribution in [2.45, 2.75) is 105 Å². The number of fused-ring (bicyclic) bond motifs is 6. The van der Waals surface area contributed by atoms with E-state index in [1.807, 2.05) is 0 Å². The highest BCUT2D eigenvalue weighted by molar-refractivity contribution is 6.29. The largest absolute Gasteiger partial charge is 0.454 e. The summed E-state index contributed by atoms with van der Waals surface area (Å²) in [4.78, 5) is 4.88. The molecule has 0 aliphatic heterocycles. The minimum atomic E-state index is 0.0116. The summed E-state index contributed by atoms with van der Waals surface area (Å²) in [6.07, 6.45) is 6.50. The first-order chi connectivity index (χ1) is 34.9. The summed E-state index contributed by atoms with van der Waals surface area (Å²) in [5, 5.41) is 11.8. The van der Waals surface area contributed by atoms with Crippen molar-refractivity contribution in [3.63, 3.8) is 0 Å². The van der Waals surface area contributed by atoms with E-state index in [9.17, 15) is 0 Å². The zero-order chi connectivity index (χ0) is 49.5. The van der Waals surface area contributed by atoms with Crippen molar-refractivity contribution in [2.24, 2.45) is 0 Å². The maximum Gasteiger partial charge on any atom is 0.159 e. The second-order valence-corrected chi connectivity index (χ2v) is 22.2. The molecule has 0 saturated carbocycles. The summed E-state index contributed by atoms with van der Waals surface area (Å²) in [6.45, 7) is 18.2. The number of nitrogens with zero attached hydrogens (tertiary/aromatic N) is 2. The first-order valence-electron chi connectivity index (χ1n) is 26.3. The van der Waals surface area contributed by atoms with Gasteiger partial charge in [-0.05, 0) is 129 Å². The average Bonchev–Trinajstić information content (AvgIpc) is 3.98. The summed E-state index contributed by atoms with van der Waals surface area (Å²) < 4.78 is 14.2. The van der Waals surface area contributed by atoms with E-state index >= 15 is 0 Å². The van der Waals surface area contributed by atoms with Gasteiger partial charge in [-0.1, -0.05) is 190 Å². The molecule has 4 heteroatoms. The lowest BCUT2D eigenvalue weighted by Crippen LogP contribution is -2.14. The quantitative estimate of drug-likeness (QED) is 0.114. The molecular formula is C68H64N2O2. The third-order valence-electron chi connectivity index (χ3n) is 15.3. The first-order valence-corrected chi connectivity index (χ1v) is 26.3. The Morgan fingerprint density at radius 1 is 0.347 bits per heavy atom. The fourth-order valence-electron chi connectivity index (χ4n) is 11.4. The van der Waals surface area contributed by atoms with Gasteiger partial charge in [0.1, 0.15) is 11.2 Å². The molecule has 12 rings (SSSR count). The molecule has 0 radical (unpaired) electrons. The third-order valence-corrected chi connectivity index (χ3v) is 15.3. The van der Waals surface area contributed by atoms with Gasteiger partial charge < -0.3 is 18.6 Å². The number of para-hydroxylation sites is 4. The van der Waals surface area contributed by atoms with Crippen LogP contribution in [0.4, 0.5) is 34.1 Å². The van der Waals surface area contributed by atoms with Crippen LogP contribution >= 0.6 is 0 Å². The molecule has 12 aromatic rings. The fourth-order valence-corrected chi connectivity index (χ4v) is 11.4. The summed E-state index contributed by atoms with van der Waals surface area (Å²) in [5.74, 6) is 0. The highest BCUT2D eigenvalue weighted by Crippen LogP contribution is 2.51. The van der Waals surface area contributed by atoms with Crippen molar-refractivity contribution in [2.75, 3.05) is 9.80 Å². The number of anilines is 6. The number of aryl methyl sites for hydroxylation is 2. The van der Waals surface area contributed by atoms with E-state index < -0.39 is 0 Å². The Labute approximate surface area is 423 Å². The highest BCUT2D eigenvalue weighted by atomic mass is 16.3. The zero-order valence-electron chi connectivity index (χ0n) is 43.1. The fraction of sp³-hybridized carbons (Fsp3) is 0.235. The van der Waals surface area contributed by atoms with E-state index in [1.165, 1.54) is 65.3 Å². The molecule has 0 aliphatic carbocycles. The molecule has 10 aromatic carbocycles. The normalized spacial score (nSPS) is 12.5. The Kier molecular flexibility index (Phi) is 11.2. The van der Waals surface area contributed by atoms with Gasteiger partial charge in [0.2, 0.25) is 0 Å². The van der Waals surface area contributed by atoms with E-state index in [-0.39, 0.29) is 10.8 Å². The SMILES string of the molecule is CCCCc1cccc2c1oc1c(N(c3ccc(C(C)(C)C)cc3)c3ccc4ccc5c(N(c6ccc(C(C)(C)C)cc6)c6cccc7c6oc6c(CCCC)cccc67)ccc6ccc3c4c65)cccc12. The topological polar surface area (TPSA) is 32.8 Å². The number of hydrogen-bond donors (Lipinski definition) is 0. The lowest BCUT2D eigenvalue weighted by atomic mass is 9.87. The lowest BCUT2D eigenvalue weighted by molar-refractivity contribution is 0.590. The van der Waals surface area contributed by atoms with Crippen molar-refractivity contribution >= 4 is 110 Å². The standard InChI is InChI=1S/C68H64N2O2/c1-9-11-17-45-19-13-21-51-53-23-15-25-59(65(53)71-63(45)51)69(49-35-31-47(32-36-49)67(3,4)5)57-41-29-43-28-40-56-58(42-30-44-27-39-55(57)61(43)62(44)56)70(50-37-33-48(34-38-50)68(6,7)8)60-26-16-24-54-52-22-14-20-46(18-12-10-2)64(52)72-66(54)60/h13-16,19-42H,9-12,17-18H2,1-8H3. The molecule has 358 valence electrons. The van der Waals surface area contributed by atoms with Gasteiger partial charge in [0.05, 0.1) is 22.7 Å². The average molecular weight is 941 g/mol. The molecular weight excluding hydrogens is 877 g/mol. The maximum absolute atomic E-state index is 7.11. The molecule has 0 unspecified atom stereocenters. The van der Waals surface area contributed by atoms with Crippen LogP contribution in [0.25, 0.3) is 76.2 Å². The van der Waals surface area contributed by atoms with Gasteiger partial charge in [0.15, 0.2) is 11.2 Å². The van der Waals surface area contributed by atoms with Crippen molar-refractivity contribution < 1.29 is 8.83 Å². The van der Waals surface area contributed by atoms with Gasteiger partial charge >= 0.3 is 0 Å². The Bertz CT molecular complexity index is 3710. The van der Waals surface area contributed by atoms with Gasteiger partial charge in [0.25, 0.3) is 0 Å². The molecule has 0 bridgehead atoms. The van der Waals surface area contributed by atoms with Crippen LogP contribution in [0.3, 0.4) is 0 Å². The molecule has 2 heterocycles. The molecule has 72 heavy (non-hydrogen) atoms. The molecule has 0 saturated heterocycles. The van der Waals surface area contributed by atoms with Gasteiger partial charge in [-0.3, -0.25) is 0 Å². The van der Waals surface area contributed by atoms with Gasteiger partial charge in [-0.25, -0.2) is 0 Å². The molecule has 0 aliphatic rings. The van der Waals surface area contributed by atoms with Crippen LogP contribution in [0, 0.1) is 0 Å². The number of benzene rings is 10. The van der Waals surface area contributed by atoms with E-state index in [0.717, 1.165) is 106 Å². The Morgan fingerprint density at radius 2 is 0.708 bits per heavy atom. The Hall–Kier alpha value is -7.56. The predicted molar refractivity (Wildman–Crippen MR) is 309 cm³/mol. The summed E-state index contributed by atoms with van der Waals surface area (Å²) in [5.41, 5.74) is 15.3. The second kappa shape index (κ2) is 17.6. The minimum absolute atomic E-state index is 0.0116. The second-order valence-electron chi connectivity index (χ2n) is 22.2. The van der Waals surface area contributed by atoms with Crippen LogP contribution in [-0.4, -0.2) is 0 Å². The van der Waals surface area contributed by atoms with Crippen molar-refractivity contribution in [3.8, 4) is 0 Å². The number of unbranched alkanes of at least 4 members (excludes halogenated alkanes) is 2. The van der Waals surface area contributed by atoms with Crippen LogP contribution < -0.4 is 9.80 Å². The Balaban J connectivity index is 1.10. The number of furan rings is 2. The summed E-state index contributed by atoms with van der Waals surface area (Å²) >= 11 is 0. The van der Waals surface area contributed by atoms with E-state index in [4.69, 9.17) is 8.83 Å². The van der Waals surface area contributed by atoms with Crippen molar-refractivity contribution in [1.82, 2.24) is 0 Å². The molecule has 4 nitrogen and oxygen atoms in total. The Morgan fingerprint density at radius 3 is 1.08 bits per heavy atom. The van der Waals surface area contributed by atoms with E-state index in [1.54, 1.807) is 0 Å². The number of rotatable bonds is 12. The summed E-state index contributed by atoms with van der Waals surface area (Å²) in [6, 6.07) is 63.5. The van der Waals surface area contributed by atoms with E-state index in [2.05, 4.69) is 235 Å². The monoisotopic (exact) mass is 940 g/mol. The third kappa shape index (κ3) is 7.57. The molecule has 0 amide bonds. The van der Waals surface area contributed by atoms with E-state index in [0.29, 0.717) is 0 Å². The van der Waals surface area contributed by atoms with Gasteiger partial charge in [-0.15, -0.1) is 0 Å². The van der Waals surface area contributed by atoms with Crippen LogP contribution in [0.5, 0.6) is 0 Å². The van der Waals surface area contributed by atoms with Crippen LogP contribution in [0.1, 0.15) is 103 Å². The molecule has 0 atom stereocenters. The number of hydrogen-bond acceptors (Lipinski definition) is 4. The molecule has 0 N–H and O–H groups in total. The molecule has 0 spiro atoms. The van der Waals surface area contributed by atoms with Crippen molar-refractivity contribution in [1.29, 1.82) is 0 Å². The van der Waals surface area contributed by atoms with Gasteiger partial charge in [0, 0.05) is 43.7 Å². The lowest BCUT2D eigenvalue weighted by Gasteiger charge is -2.30. The minimum Gasteiger partial charge on any atom is -0.454 e. The molecule has 0 fully saturated rings. The predicted octanol–water partition coefficient (Wildman–Crippen LogP) is 20.6.